The van der Waals surface area contributed by atoms with Gasteiger partial charge in [0.25, 0.3) is 0 Å². The van der Waals surface area contributed by atoms with Crippen molar-refractivity contribution >= 4 is 6.03 Å². The summed E-state index contributed by atoms with van der Waals surface area (Å²) in [6, 6.07) is -0.0953. The van der Waals surface area contributed by atoms with E-state index in [-0.39, 0.29) is 18.0 Å². The number of amides is 2. The monoisotopic (exact) mass is 308 g/mol. The number of hydrogen-bond acceptors (Lipinski definition) is 4. The average molecular weight is 308 g/mol. The van der Waals surface area contributed by atoms with E-state index in [0.717, 1.165) is 57.4 Å². The lowest BCUT2D eigenvalue weighted by Gasteiger charge is -2.33. The second-order valence-electron chi connectivity index (χ2n) is 6.09. The first-order chi connectivity index (χ1) is 10.7. The smallest absolute Gasteiger partial charge is 0.318 e. The summed E-state index contributed by atoms with van der Waals surface area (Å²) in [7, 11) is 0. The van der Waals surface area contributed by atoms with Gasteiger partial charge in [-0.1, -0.05) is 32.3 Å². The van der Waals surface area contributed by atoms with Gasteiger partial charge in [-0.05, 0) is 32.1 Å². The Labute approximate surface area is 132 Å². The number of carbonyl (C=O) groups excluding carboxylic acids is 1. The Bertz CT molecular complexity index is 474. The minimum atomic E-state index is -0.0827. The Morgan fingerprint density at radius 2 is 2.27 bits per heavy atom. The summed E-state index contributed by atoms with van der Waals surface area (Å²) in [5.74, 6) is 1.61. The van der Waals surface area contributed by atoms with Crippen LogP contribution in [-0.4, -0.2) is 34.2 Å². The van der Waals surface area contributed by atoms with Gasteiger partial charge in [0.05, 0.1) is 0 Å². The number of rotatable bonds is 6. The first kappa shape index (κ1) is 16.8. The molecular weight excluding hydrogens is 280 g/mol. The molecule has 0 spiro atoms. The number of aromatic nitrogens is 2. The summed E-state index contributed by atoms with van der Waals surface area (Å²) in [5.41, 5.74) is 0. The molecule has 2 atom stereocenters. The van der Waals surface area contributed by atoms with Crippen LogP contribution in [0.1, 0.15) is 83.0 Å². The fourth-order valence-electron chi connectivity index (χ4n) is 2.67. The Balaban J connectivity index is 2.05. The molecule has 2 unspecified atom stereocenters. The molecule has 1 N–H and O–H groups in total. The third-order valence-corrected chi connectivity index (χ3v) is 4.37. The third-order valence-electron chi connectivity index (χ3n) is 4.37. The van der Waals surface area contributed by atoms with Gasteiger partial charge in [0.15, 0.2) is 5.82 Å². The van der Waals surface area contributed by atoms with E-state index in [0.29, 0.717) is 5.89 Å². The Morgan fingerprint density at radius 1 is 1.45 bits per heavy atom. The second kappa shape index (κ2) is 8.15. The van der Waals surface area contributed by atoms with Crippen LogP contribution >= 0.6 is 0 Å². The highest BCUT2D eigenvalue weighted by Crippen LogP contribution is 2.30. The molecule has 1 aromatic rings. The first-order valence-electron chi connectivity index (χ1n) is 8.55. The molecule has 1 aromatic heterocycles. The molecule has 2 rings (SSSR count). The van der Waals surface area contributed by atoms with Crippen molar-refractivity contribution in [2.24, 2.45) is 0 Å². The maximum Gasteiger partial charge on any atom is 0.318 e. The molecule has 1 saturated heterocycles. The number of nitrogens with one attached hydrogen (secondary N) is 1. The summed E-state index contributed by atoms with van der Waals surface area (Å²) in [6.45, 7) is 7.79. The summed E-state index contributed by atoms with van der Waals surface area (Å²) in [6.07, 6.45) is 6.07. The highest BCUT2D eigenvalue weighted by Gasteiger charge is 2.32. The van der Waals surface area contributed by atoms with Gasteiger partial charge in [-0.15, -0.1) is 0 Å². The quantitative estimate of drug-likeness (QED) is 0.815. The molecule has 6 heteroatoms. The van der Waals surface area contributed by atoms with Gasteiger partial charge in [-0.25, -0.2) is 4.79 Å². The van der Waals surface area contributed by atoms with Crippen LogP contribution in [-0.2, 0) is 0 Å². The number of hydrogen-bond donors (Lipinski definition) is 1. The van der Waals surface area contributed by atoms with E-state index in [1.165, 1.54) is 0 Å². The maximum absolute atomic E-state index is 12.4. The van der Waals surface area contributed by atoms with Crippen molar-refractivity contribution in [2.45, 2.75) is 71.3 Å². The van der Waals surface area contributed by atoms with Gasteiger partial charge in [0, 0.05) is 19.0 Å². The molecule has 124 valence electrons. The molecule has 0 radical (unpaired) electrons. The van der Waals surface area contributed by atoms with E-state index < -0.39 is 0 Å². The summed E-state index contributed by atoms with van der Waals surface area (Å²) >= 11 is 0. The van der Waals surface area contributed by atoms with Crippen molar-refractivity contribution in [1.82, 2.24) is 20.4 Å². The average Bonchev–Trinajstić information content (AvgIpc) is 3.04. The highest BCUT2D eigenvalue weighted by atomic mass is 16.5. The van der Waals surface area contributed by atoms with E-state index >= 15 is 0 Å². The van der Waals surface area contributed by atoms with Gasteiger partial charge in [-0.3, -0.25) is 0 Å². The second-order valence-corrected chi connectivity index (χ2v) is 6.09. The van der Waals surface area contributed by atoms with E-state index in [4.69, 9.17) is 4.52 Å². The van der Waals surface area contributed by atoms with E-state index in [2.05, 4.69) is 36.2 Å². The van der Waals surface area contributed by atoms with Crippen molar-refractivity contribution in [3.05, 3.63) is 11.7 Å². The minimum absolute atomic E-state index is 0.0126. The van der Waals surface area contributed by atoms with E-state index in [1.54, 1.807) is 0 Å². The van der Waals surface area contributed by atoms with Crippen LogP contribution in [0.25, 0.3) is 0 Å². The van der Waals surface area contributed by atoms with E-state index in [9.17, 15) is 4.79 Å². The Hall–Kier alpha value is -1.59. The van der Waals surface area contributed by atoms with Crippen molar-refractivity contribution in [3.8, 4) is 0 Å². The number of unbranched alkanes of at least 4 members (excludes halogenated alkanes) is 1. The molecule has 1 aliphatic rings. The van der Waals surface area contributed by atoms with Gasteiger partial charge < -0.3 is 14.7 Å². The van der Waals surface area contributed by atoms with Gasteiger partial charge in [0.2, 0.25) is 5.89 Å². The van der Waals surface area contributed by atoms with Crippen LogP contribution in [0.15, 0.2) is 4.52 Å². The number of carbonyl (C=O) groups is 1. The van der Waals surface area contributed by atoms with Crippen LogP contribution in [0.5, 0.6) is 0 Å². The number of piperidine rings is 1. The number of likely N-dealkylation sites (tertiary alicyclic amines) is 1. The summed E-state index contributed by atoms with van der Waals surface area (Å²) in [5, 5.41) is 7.08. The Kier molecular flexibility index (Phi) is 6.21. The topological polar surface area (TPSA) is 71.3 Å². The third kappa shape index (κ3) is 3.99. The van der Waals surface area contributed by atoms with Gasteiger partial charge in [-0.2, -0.15) is 4.98 Å². The molecular formula is C16H28N4O2. The minimum Gasteiger partial charge on any atom is -0.338 e. The predicted octanol–water partition coefficient (Wildman–Crippen LogP) is 3.62. The van der Waals surface area contributed by atoms with E-state index in [1.807, 2.05) is 4.90 Å². The molecule has 0 saturated carbocycles. The fourth-order valence-corrected chi connectivity index (χ4v) is 2.67. The van der Waals surface area contributed by atoms with Crippen LogP contribution in [0.4, 0.5) is 4.79 Å². The van der Waals surface area contributed by atoms with Crippen LogP contribution < -0.4 is 5.32 Å². The lowest BCUT2D eigenvalue weighted by molar-refractivity contribution is 0.132. The summed E-state index contributed by atoms with van der Waals surface area (Å²) in [4.78, 5) is 18.8. The molecule has 0 aliphatic carbocycles. The normalized spacial score (nSPS) is 20.0. The highest BCUT2D eigenvalue weighted by molar-refractivity contribution is 5.74. The Morgan fingerprint density at radius 3 is 3.00 bits per heavy atom. The van der Waals surface area contributed by atoms with Gasteiger partial charge in [0.1, 0.15) is 6.04 Å². The van der Waals surface area contributed by atoms with Crippen molar-refractivity contribution < 1.29 is 9.32 Å². The zero-order valence-electron chi connectivity index (χ0n) is 14.0. The lowest BCUT2D eigenvalue weighted by atomic mass is 10.0. The van der Waals surface area contributed by atoms with Gasteiger partial charge >= 0.3 is 6.03 Å². The molecule has 2 amide bonds. The van der Waals surface area contributed by atoms with Crippen molar-refractivity contribution in [2.75, 3.05) is 13.1 Å². The molecule has 1 aliphatic heterocycles. The SMILES string of the molecule is CCCCNC(=O)N1CCCCC1c1nc(C(C)CC)no1. The molecule has 0 aromatic carbocycles. The van der Waals surface area contributed by atoms with Crippen LogP contribution in [0.3, 0.4) is 0 Å². The fraction of sp³-hybridized carbons (Fsp3) is 0.812. The van der Waals surface area contributed by atoms with Crippen LogP contribution in [0, 0.1) is 0 Å². The van der Waals surface area contributed by atoms with Crippen molar-refractivity contribution in [1.29, 1.82) is 0 Å². The molecule has 1 fully saturated rings. The predicted molar refractivity (Wildman–Crippen MR) is 84.6 cm³/mol. The zero-order chi connectivity index (χ0) is 15.9. The molecule has 6 nitrogen and oxygen atoms in total. The largest absolute Gasteiger partial charge is 0.338 e. The maximum atomic E-state index is 12.4. The lowest BCUT2D eigenvalue weighted by Crippen LogP contribution is -2.45. The number of nitrogens with zero attached hydrogens (tertiary/aromatic N) is 3. The molecule has 0 bridgehead atoms. The molecule has 2 heterocycles. The standard InChI is InChI=1S/C16H28N4O2/c1-4-6-10-17-16(21)20-11-8-7-9-13(20)15-18-14(19-22-15)12(3)5-2/h12-13H,4-11H2,1-3H3,(H,17,21). The van der Waals surface area contributed by atoms with Crippen molar-refractivity contribution in [3.63, 3.8) is 0 Å². The number of urea groups is 1. The summed E-state index contributed by atoms with van der Waals surface area (Å²) < 4.78 is 5.45. The molecule has 22 heavy (non-hydrogen) atoms. The zero-order valence-corrected chi connectivity index (χ0v) is 14.0. The van der Waals surface area contributed by atoms with Crippen LogP contribution in [0.2, 0.25) is 0 Å². The first-order valence-corrected chi connectivity index (χ1v) is 8.55.